The van der Waals surface area contributed by atoms with Gasteiger partial charge in [-0.1, -0.05) is 49.2 Å². The van der Waals surface area contributed by atoms with Gasteiger partial charge >= 0.3 is 5.97 Å². The molecule has 6 nitrogen and oxygen atoms in total. The molecule has 0 spiro atoms. The Labute approximate surface area is 226 Å². The Kier molecular flexibility index (Phi) is 8.10. The zero-order valence-corrected chi connectivity index (χ0v) is 22.5. The number of halogens is 2. The number of aromatic carboxylic acids is 1. The third-order valence-electron chi connectivity index (χ3n) is 6.14. The van der Waals surface area contributed by atoms with Gasteiger partial charge in [0.15, 0.2) is 0 Å². The number of nitrogens with zero attached hydrogens (tertiary/aromatic N) is 2. The summed E-state index contributed by atoms with van der Waals surface area (Å²) >= 11 is 12.9. The van der Waals surface area contributed by atoms with Crippen LogP contribution in [0.25, 0.3) is 5.69 Å². The number of rotatable bonds is 9. The van der Waals surface area contributed by atoms with E-state index >= 15 is 0 Å². The lowest BCUT2D eigenvalue weighted by Gasteiger charge is -2.19. The van der Waals surface area contributed by atoms with Crippen LogP contribution < -0.4 is 9.47 Å². The standard InChI is InChI=1S/C29H28Cl2N2O4/c1-17(2)24-15-32-33(28-25(30)6-5-7-26(28)31)27(24)16-36-22-12-13-23(18(3)14-22)19(4)37-21-10-8-20(9-11-21)29(34)35/h5-15,17,19H,16H2,1-4H3,(H,34,35). The van der Waals surface area contributed by atoms with Crippen molar-refractivity contribution in [3.05, 3.63) is 105 Å². The maximum Gasteiger partial charge on any atom is 0.335 e. The highest BCUT2D eigenvalue weighted by molar-refractivity contribution is 6.37. The second kappa shape index (κ2) is 11.3. The van der Waals surface area contributed by atoms with Gasteiger partial charge < -0.3 is 14.6 Å². The molecule has 0 aliphatic carbocycles. The van der Waals surface area contributed by atoms with Crippen molar-refractivity contribution < 1.29 is 19.4 Å². The number of hydrogen-bond donors (Lipinski definition) is 1. The van der Waals surface area contributed by atoms with Crippen LogP contribution in [0.2, 0.25) is 10.0 Å². The Morgan fingerprint density at radius 3 is 2.22 bits per heavy atom. The molecule has 1 N–H and O–H groups in total. The summed E-state index contributed by atoms with van der Waals surface area (Å²) in [5.74, 6) is 0.585. The minimum atomic E-state index is -0.968. The highest BCUT2D eigenvalue weighted by atomic mass is 35.5. The molecule has 4 aromatic rings. The molecule has 3 aromatic carbocycles. The van der Waals surface area contributed by atoms with Gasteiger partial charge in [0, 0.05) is 0 Å². The van der Waals surface area contributed by atoms with E-state index in [1.165, 1.54) is 12.1 Å². The van der Waals surface area contributed by atoms with Crippen LogP contribution in [0.15, 0.2) is 66.9 Å². The van der Waals surface area contributed by atoms with Gasteiger partial charge in [-0.15, -0.1) is 0 Å². The van der Waals surface area contributed by atoms with Crippen molar-refractivity contribution in [2.45, 2.75) is 46.3 Å². The third kappa shape index (κ3) is 5.92. The summed E-state index contributed by atoms with van der Waals surface area (Å²) in [5, 5.41) is 14.7. The molecular formula is C29H28Cl2N2O4. The number of ether oxygens (including phenoxy) is 2. The Hall–Kier alpha value is -3.48. The third-order valence-corrected chi connectivity index (χ3v) is 6.75. The van der Waals surface area contributed by atoms with Gasteiger partial charge in [0.25, 0.3) is 0 Å². The fourth-order valence-corrected chi connectivity index (χ4v) is 4.74. The van der Waals surface area contributed by atoms with E-state index in [4.69, 9.17) is 37.8 Å². The zero-order chi connectivity index (χ0) is 26.7. The molecule has 37 heavy (non-hydrogen) atoms. The van der Waals surface area contributed by atoms with Crippen molar-refractivity contribution in [2.75, 3.05) is 0 Å². The fourth-order valence-electron chi connectivity index (χ4n) is 4.19. The smallest absolute Gasteiger partial charge is 0.335 e. The van der Waals surface area contributed by atoms with E-state index in [1.807, 2.05) is 38.2 Å². The first-order chi connectivity index (χ1) is 17.7. The Bertz CT molecular complexity index is 1390. The summed E-state index contributed by atoms with van der Waals surface area (Å²) in [6.07, 6.45) is 1.60. The largest absolute Gasteiger partial charge is 0.487 e. The Morgan fingerprint density at radius 2 is 1.62 bits per heavy atom. The van der Waals surface area contributed by atoms with Crippen LogP contribution in [-0.2, 0) is 6.61 Å². The topological polar surface area (TPSA) is 73.6 Å². The van der Waals surface area contributed by atoms with Crippen molar-refractivity contribution in [3.63, 3.8) is 0 Å². The summed E-state index contributed by atoms with van der Waals surface area (Å²) in [4.78, 5) is 11.1. The summed E-state index contributed by atoms with van der Waals surface area (Å²) in [5.41, 5.74) is 4.81. The van der Waals surface area contributed by atoms with Crippen LogP contribution in [0.1, 0.15) is 65.5 Å². The molecule has 1 heterocycles. The molecular weight excluding hydrogens is 511 g/mol. The lowest BCUT2D eigenvalue weighted by atomic mass is 10.0. The Morgan fingerprint density at radius 1 is 0.973 bits per heavy atom. The monoisotopic (exact) mass is 538 g/mol. The molecule has 0 saturated heterocycles. The van der Waals surface area contributed by atoms with E-state index in [0.29, 0.717) is 27.2 Å². The number of carboxylic acids is 1. The lowest BCUT2D eigenvalue weighted by molar-refractivity contribution is 0.0697. The molecule has 0 aliphatic heterocycles. The molecule has 0 bridgehead atoms. The SMILES string of the molecule is Cc1cc(OCc2c(C(C)C)cnn2-c2c(Cl)cccc2Cl)ccc1C(C)Oc1ccc(C(=O)O)cc1. The number of carboxylic acid groups (broad SMARTS) is 1. The number of aryl methyl sites for hydroxylation is 1. The van der Waals surface area contributed by atoms with Gasteiger partial charge in [-0.05, 0) is 85.0 Å². The second-order valence-electron chi connectivity index (χ2n) is 9.08. The molecule has 192 valence electrons. The maximum atomic E-state index is 11.1. The highest BCUT2D eigenvalue weighted by Crippen LogP contribution is 2.33. The van der Waals surface area contributed by atoms with E-state index in [-0.39, 0.29) is 24.2 Å². The van der Waals surface area contributed by atoms with Crippen LogP contribution in [-0.4, -0.2) is 20.9 Å². The second-order valence-corrected chi connectivity index (χ2v) is 9.89. The average Bonchev–Trinajstić information content (AvgIpc) is 3.26. The van der Waals surface area contributed by atoms with Crippen molar-refractivity contribution >= 4 is 29.2 Å². The van der Waals surface area contributed by atoms with Crippen LogP contribution in [0, 0.1) is 6.92 Å². The van der Waals surface area contributed by atoms with Crippen molar-refractivity contribution in [2.24, 2.45) is 0 Å². The van der Waals surface area contributed by atoms with E-state index in [0.717, 1.165) is 22.4 Å². The molecule has 0 amide bonds. The quantitative estimate of drug-likeness (QED) is 0.233. The maximum absolute atomic E-state index is 11.1. The number of benzene rings is 3. The summed E-state index contributed by atoms with van der Waals surface area (Å²) < 4.78 is 14.0. The number of aromatic nitrogens is 2. The number of carbonyl (C=O) groups is 1. The van der Waals surface area contributed by atoms with Gasteiger partial charge in [-0.2, -0.15) is 5.10 Å². The predicted molar refractivity (Wildman–Crippen MR) is 146 cm³/mol. The first-order valence-electron chi connectivity index (χ1n) is 11.9. The highest BCUT2D eigenvalue weighted by Gasteiger charge is 2.20. The predicted octanol–water partition coefficient (Wildman–Crippen LogP) is 8.03. The molecule has 0 fully saturated rings. The normalized spacial score (nSPS) is 12.0. The van der Waals surface area contributed by atoms with Crippen LogP contribution in [0.5, 0.6) is 11.5 Å². The molecule has 1 aromatic heterocycles. The minimum absolute atomic E-state index is 0.219. The van der Waals surface area contributed by atoms with Crippen LogP contribution in [0.4, 0.5) is 0 Å². The minimum Gasteiger partial charge on any atom is -0.487 e. The van der Waals surface area contributed by atoms with Crippen molar-refractivity contribution in [1.29, 1.82) is 0 Å². The van der Waals surface area contributed by atoms with E-state index in [2.05, 4.69) is 18.9 Å². The van der Waals surface area contributed by atoms with Crippen LogP contribution in [0.3, 0.4) is 0 Å². The van der Waals surface area contributed by atoms with Crippen LogP contribution >= 0.6 is 23.2 Å². The van der Waals surface area contributed by atoms with Gasteiger partial charge in [0.1, 0.15) is 29.9 Å². The van der Waals surface area contributed by atoms with Gasteiger partial charge in [-0.25, -0.2) is 9.48 Å². The van der Waals surface area contributed by atoms with Crippen molar-refractivity contribution in [3.8, 4) is 17.2 Å². The van der Waals surface area contributed by atoms with E-state index in [9.17, 15) is 4.79 Å². The summed E-state index contributed by atoms with van der Waals surface area (Å²) in [6, 6.07) is 17.6. The van der Waals surface area contributed by atoms with Crippen molar-refractivity contribution in [1.82, 2.24) is 9.78 Å². The number of para-hydroxylation sites is 1. The molecule has 0 radical (unpaired) electrons. The first-order valence-corrected chi connectivity index (χ1v) is 12.7. The van der Waals surface area contributed by atoms with Gasteiger partial charge in [-0.3, -0.25) is 0 Å². The van der Waals surface area contributed by atoms with E-state index < -0.39 is 5.97 Å². The molecule has 1 unspecified atom stereocenters. The molecule has 4 rings (SSSR count). The Balaban J connectivity index is 1.52. The zero-order valence-electron chi connectivity index (χ0n) is 21.0. The molecule has 1 atom stereocenters. The van der Waals surface area contributed by atoms with Gasteiger partial charge in [0.2, 0.25) is 0 Å². The molecule has 0 aliphatic rings. The average molecular weight is 539 g/mol. The fraction of sp³-hybridized carbons (Fsp3) is 0.241. The molecule has 8 heteroatoms. The summed E-state index contributed by atoms with van der Waals surface area (Å²) in [6.45, 7) is 8.46. The number of hydrogen-bond acceptors (Lipinski definition) is 4. The summed E-state index contributed by atoms with van der Waals surface area (Å²) in [7, 11) is 0. The lowest BCUT2D eigenvalue weighted by Crippen LogP contribution is -2.10. The van der Waals surface area contributed by atoms with E-state index in [1.54, 1.807) is 35.0 Å². The van der Waals surface area contributed by atoms with Gasteiger partial charge in [0.05, 0.1) is 27.5 Å². The first kappa shape index (κ1) is 26.6. The molecule has 0 saturated carbocycles.